The molecule has 0 aromatic heterocycles. The second-order valence-corrected chi connectivity index (χ2v) is 6.73. The number of thiocarbonyl (C=S) groups is 1. The van der Waals surface area contributed by atoms with Crippen molar-refractivity contribution in [3.8, 4) is 5.75 Å². The predicted octanol–water partition coefficient (Wildman–Crippen LogP) is 2.22. The molecule has 9 heteroatoms. The van der Waals surface area contributed by atoms with Crippen LogP contribution in [0.15, 0.2) is 29.2 Å². The summed E-state index contributed by atoms with van der Waals surface area (Å²) < 4.78 is 5.58. The number of carboxylic acid groups (broad SMARTS) is 2. The number of carbonyl (C=O) groups is 3. The number of carboxylic acids is 2. The van der Waals surface area contributed by atoms with E-state index in [9.17, 15) is 14.4 Å². The van der Waals surface area contributed by atoms with Gasteiger partial charge in [0.25, 0.3) is 5.91 Å². The van der Waals surface area contributed by atoms with Gasteiger partial charge in [0.15, 0.2) is 6.61 Å². The summed E-state index contributed by atoms with van der Waals surface area (Å²) in [6.07, 6.45) is 1.86. The number of hydrogen-bond donors (Lipinski definition) is 2. The number of aliphatic carboxylic acids is 2. The molecular weight excluding hydrogens is 366 g/mol. The molecule has 0 saturated carbocycles. The third-order valence-corrected chi connectivity index (χ3v) is 4.58. The van der Waals surface area contributed by atoms with E-state index < -0.39 is 18.5 Å². The van der Waals surface area contributed by atoms with Crippen LogP contribution in [0.2, 0.25) is 0 Å². The molecule has 0 radical (unpaired) electrons. The lowest BCUT2D eigenvalue weighted by molar-refractivity contribution is -0.139. The molecule has 25 heavy (non-hydrogen) atoms. The van der Waals surface area contributed by atoms with Crippen LogP contribution in [-0.4, -0.2) is 50.4 Å². The highest BCUT2D eigenvalue weighted by Gasteiger charge is 2.31. The molecule has 1 heterocycles. The van der Waals surface area contributed by atoms with Gasteiger partial charge in [-0.2, -0.15) is 0 Å². The van der Waals surface area contributed by atoms with Crippen molar-refractivity contribution in [2.75, 3.05) is 13.2 Å². The lowest BCUT2D eigenvalue weighted by Gasteiger charge is -2.13. The zero-order valence-electron chi connectivity index (χ0n) is 13.0. The van der Waals surface area contributed by atoms with Gasteiger partial charge in [0.05, 0.1) is 4.91 Å². The Labute approximate surface area is 153 Å². The van der Waals surface area contributed by atoms with Crippen molar-refractivity contribution >= 4 is 52.2 Å². The average Bonchev–Trinajstić information content (AvgIpc) is 2.81. The monoisotopic (exact) mass is 381 g/mol. The van der Waals surface area contributed by atoms with Crippen LogP contribution in [0, 0.1) is 0 Å². The number of nitrogens with zero attached hydrogens (tertiary/aromatic N) is 1. The van der Waals surface area contributed by atoms with Crippen LogP contribution in [0.5, 0.6) is 5.75 Å². The first-order chi connectivity index (χ1) is 11.9. The van der Waals surface area contributed by atoms with Crippen molar-refractivity contribution < 1.29 is 29.3 Å². The van der Waals surface area contributed by atoms with E-state index in [-0.39, 0.29) is 18.9 Å². The topological polar surface area (TPSA) is 104 Å². The molecule has 0 aliphatic carbocycles. The van der Waals surface area contributed by atoms with Crippen LogP contribution < -0.4 is 4.74 Å². The van der Waals surface area contributed by atoms with Crippen molar-refractivity contribution in [3.05, 3.63) is 34.7 Å². The predicted molar refractivity (Wildman–Crippen MR) is 96.3 cm³/mol. The third-order valence-electron chi connectivity index (χ3n) is 3.20. The molecule has 2 rings (SSSR count). The quantitative estimate of drug-likeness (QED) is 0.522. The number of para-hydroxylation sites is 1. The lowest BCUT2D eigenvalue weighted by Crippen LogP contribution is -2.29. The van der Waals surface area contributed by atoms with Gasteiger partial charge in [-0.3, -0.25) is 14.5 Å². The highest BCUT2D eigenvalue weighted by molar-refractivity contribution is 8.26. The van der Waals surface area contributed by atoms with Crippen LogP contribution in [0.25, 0.3) is 6.08 Å². The average molecular weight is 381 g/mol. The summed E-state index contributed by atoms with van der Waals surface area (Å²) in [6.45, 7) is -0.244. The van der Waals surface area contributed by atoms with Gasteiger partial charge in [-0.05, 0) is 18.6 Å². The molecule has 132 valence electrons. The first-order valence-corrected chi connectivity index (χ1v) is 8.51. The Balaban J connectivity index is 2.13. The standard InChI is InChI=1S/C16H15NO6S2/c18-13(19)6-3-7-17-15(22)12(25-16(17)24)8-10-4-1-2-5-11(10)23-9-14(20)21/h1-2,4-5,8H,3,6-7,9H2,(H,18,19)(H,20,21). The van der Waals surface area contributed by atoms with E-state index in [1.165, 1.54) is 4.90 Å². The molecule has 7 nitrogen and oxygen atoms in total. The van der Waals surface area contributed by atoms with E-state index in [4.69, 9.17) is 27.2 Å². The Kier molecular flexibility index (Phi) is 6.54. The number of thioether (sulfide) groups is 1. The number of benzene rings is 1. The maximum absolute atomic E-state index is 12.4. The second-order valence-electron chi connectivity index (χ2n) is 5.05. The molecular formula is C16H15NO6S2. The Morgan fingerprint density at radius 3 is 2.64 bits per heavy atom. The van der Waals surface area contributed by atoms with E-state index >= 15 is 0 Å². The van der Waals surface area contributed by atoms with Crippen molar-refractivity contribution in [2.24, 2.45) is 0 Å². The Hall–Kier alpha value is -2.39. The number of carbonyl (C=O) groups excluding carboxylic acids is 1. The van der Waals surface area contributed by atoms with E-state index in [0.717, 1.165) is 11.8 Å². The summed E-state index contributed by atoms with van der Waals surface area (Å²) in [6, 6.07) is 6.76. The van der Waals surface area contributed by atoms with Crippen LogP contribution in [0.3, 0.4) is 0 Å². The van der Waals surface area contributed by atoms with Crippen molar-refractivity contribution in [3.63, 3.8) is 0 Å². The van der Waals surface area contributed by atoms with Crippen molar-refractivity contribution in [2.45, 2.75) is 12.8 Å². The molecule has 1 fully saturated rings. The summed E-state index contributed by atoms with van der Waals surface area (Å²) in [5.74, 6) is -1.97. The molecule has 1 amide bonds. The molecule has 0 atom stereocenters. The molecule has 1 aromatic rings. The summed E-state index contributed by atoms with van der Waals surface area (Å²) >= 11 is 6.30. The number of rotatable bonds is 8. The van der Waals surface area contributed by atoms with Gasteiger partial charge in [-0.1, -0.05) is 42.2 Å². The molecule has 1 aromatic carbocycles. The first kappa shape index (κ1) is 18.9. The highest BCUT2D eigenvalue weighted by Crippen LogP contribution is 2.34. The van der Waals surface area contributed by atoms with Crippen molar-refractivity contribution in [1.29, 1.82) is 0 Å². The highest BCUT2D eigenvalue weighted by atomic mass is 32.2. The van der Waals surface area contributed by atoms with E-state index in [0.29, 0.717) is 27.0 Å². The zero-order valence-corrected chi connectivity index (χ0v) is 14.6. The lowest BCUT2D eigenvalue weighted by atomic mass is 10.2. The fraction of sp³-hybridized carbons (Fsp3) is 0.250. The van der Waals surface area contributed by atoms with Crippen LogP contribution in [0.4, 0.5) is 0 Å². The zero-order chi connectivity index (χ0) is 18.4. The van der Waals surface area contributed by atoms with Crippen molar-refractivity contribution in [1.82, 2.24) is 4.90 Å². The maximum Gasteiger partial charge on any atom is 0.341 e. The number of ether oxygens (including phenoxy) is 1. The smallest absolute Gasteiger partial charge is 0.341 e. The largest absolute Gasteiger partial charge is 0.481 e. The van der Waals surface area contributed by atoms with Gasteiger partial charge in [-0.15, -0.1) is 0 Å². The van der Waals surface area contributed by atoms with Crippen LogP contribution >= 0.6 is 24.0 Å². The minimum atomic E-state index is -1.10. The Morgan fingerprint density at radius 2 is 1.96 bits per heavy atom. The minimum Gasteiger partial charge on any atom is -0.481 e. The fourth-order valence-electron chi connectivity index (χ4n) is 2.09. The van der Waals surface area contributed by atoms with Gasteiger partial charge in [0.1, 0.15) is 10.1 Å². The van der Waals surface area contributed by atoms with Gasteiger partial charge in [-0.25, -0.2) is 4.79 Å². The maximum atomic E-state index is 12.4. The van der Waals surface area contributed by atoms with Crippen LogP contribution in [0.1, 0.15) is 18.4 Å². The van der Waals surface area contributed by atoms with Crippen LogP contribution in [-0.2, 0) is 14.4 Å². The number of hydrogen-bond acceptors (Lipinski definition) is 6. The summed E-state index contributed by atoms with van der Waals surface area (Å²) in [4.78, 5) is 35.4. The van der Waals surface area contributed by atoms with E-state index in [1.54, 1.807) is 30.3 Å². The summed E-state index contributed by atoms with van der Waals surface area (Å²) in [5.41, 5.74) is 0.565. The first-order valence-electron chi connectivity index (χ1n) is 7.29. The number of amides is 1. The Morgan fingerprint density at radius 1 is 1.24 bits per heavy atom. The Bertz CT molecular complexity index is 746. The molecule has 1 aliphatic rings. The van der Waals surface area contributed by atoms with Gasteiger partial charge in [0.2, 0.25) is 0 Å². The summed E-state index contributed by atoms with van der Waals surface area (Å²) in [7, 11) is 0. The van der Waals surface area contributed by atoms with Gasteiger partial charge >= 0.3 is 11.9 Å². The fourth-order valence-corrected chi connectivity index (χ4v) is 3.39. The SMILES string of the molecule is O=C(O)CCCN1C(=O)C(=Cc2ccccc2OCC(=O)O)SC1=S. The molecule has 2 N–H and O–H groups in total. The molecule has 0 bridgehead atoms. The summed E-state index contributed by atoms with van der Waals surface area (Å²) in [5, 5.41) is 17.4. The van der Waals surface area contributed by atoms with Gasteiger partial charge in [0, 0.05) is 18.5 Å². The third kappa shape index (κ3) is 5.30. The van der Waals surface area contributed by atoms with Gasteiger partial charge < -0.3 is 14.9 Å². The molecule has 0 unspecified atom stereocenters. The van der Waals surface area contributed by atoms with E-state index in [2.05, 4.69) is 0 Å². The second kappa shape index (κ2) is 8.63. The molecule has 1 saturated heterocycles. The normalized spacial score (nSPS) is 15.7. The minimum absolute atomic E-state index is 0.0397. The molecule has 1 aliphatic heterocycles. The molecule has 0 spiro atoms. The van der Waals surface area contributed by atoms with E-state index in [1.807, 2.05) is 0 Å².